The van der Waals surface area contributed by atoms with Gasteiger partial charge in [-0.3, -0.25) is 19.2 Å². The van der Waals surface area contributed by atoms with Gasteiger partial charge in [-0.05, 0) is 44.4 Å². The van der Waals surface area contributed by atoms with Crippen LogP contribution in [-0.4, -0.2) is 46.3 Å². The first-order chi connectivity index (χ1) is 14.8. The molecule has 0 radical (unpaired) electrons. The van der Waals surface area contributed by atoms with Gasteiger partial charge in [-0.1, -0.05) is 30.5 Å². The number of nitrogens with one attached hydrogen (secondary N) is 1. The number of ether oxygens (including phenoxy) is 1. The Kier molecular flexibility index (Phi) is 5.51. The number of hydrogen-bond donors (Lipinski definition) is 1. The second-order valence-electron chi connectivity index (χ2n) is 8.32. The van der Waals surface area contributed by atoms with E-state index >= 15 is 0 Å². The smallest absolute Gasteiger partial charge is 0.358 e. The molecule has 0 spiro atoms. The summed E-state index contributed by atoms with van der Waals surface area (Å²) in [7, 11) is 1.25. The molecular weight excluding hydrogens is 420 g/mol. The van der Waals surface area contributed by atoms with Gasteiger partial charge in [0.15, 0.2) is 5.69 Å². The van der Waals surface area contributed by atoms with Gasteiger partial charge in [0, 0.05) is 22.8 Å². The van der Waals surface area contributed by atoms with Crippen molar-refractivity contribution in [3.05, 3.63) is 46.2 Å². The van der Waals surface area contributed by atoms with Crippen molar-refractivity contribution < 1.29 is 19.1 Å². The third-order valence-corrected chi connectivity index (χ3v) is 6.62. The minimum atomic E-state index is -1.26. The molecule has 1 saturated carbocycles. The van der Waals surface area contributed by atoms with Gasteiger partial charge in [0.05, 0.1) is 13.7 Å². The molecule has 0 unspecified atom stereocenters. The molecule has 4 rings (SSSR count). The average molecular weight is 445 g/mol. The van der Waals surface area contributed by atoms with E-state index in [1.165, 1.54) is 22.8 Å². The molecule has 2 amide bonds. The van der Waals surface area contributed by atoms with Crippen LogP contribution in [0.5, 0.6) is 0 Å². The molecule has 1 aromatic heterocycles. The van der Waals surface area contributed by atoms with E-state index < -0.39 is 17.4 Å². The molecule has 1 fully saturated rings. The highest BCUT2D eigenvalue weighted by molar-refractivity contribution is 6.32. The first-order valence-corrected chi connectivity index (χ1v) is 10.7. The van der Waals surface area contributed by atoms with Gasteiger partial charge < -0.3 is 10.1 Å². The molecule has 2 aromatic rings. The van der Waals surface area contributed by atoms with Crippen molar-refractivity contribution in [2.75, 3.05) is 12.0 Å². The Morgan fingerprint density at radius 2 is 2.00 bits per heavy atom. The third-order valence-electron chi connectivity index (χ3n) is 6.21. The van der Waals surface area contributed by atoms with Crippen molar-refractivity contribution >= 4 is 35.1 Å². The Balaban J connectivity index is 1.82. The van der Waals surface area contributed by atoms with E-state index in [4.69, 9.17) is 16.3 Å². The maximum atomic E-state index is 13.7. The minimum absolute atomic E-state index is 0.0223. The van der Waals surface area contributed by atoms with Crippen LogP contribution in [0.2, 0.25) is 5.02 Å². The molecule has 0 saturated heterocycles. The van der Waals surface area contributed by atoms with Crippen molar-refractivity contribution in [3.63, 3.8) is 0 Å². The molecule has 8 nitrogen and oxygen atoms in total. The number of anilines is 1. The highest BCUT2D eigenvalue weighted by atomic mass is 35.5. The summed E-state index contributed by atoms with van der Waals surface area (Å²) in [4.78, 5) is 40.7. The highest BCUT2D eigenvalue weighted by Crippen LogP contribution is 2.37. The largest absolute Gasteiger partial charge is 0.464 e. The van der Waals surface area contributed by atoms with Gasteiger partial charge >= 0.3 is 5.97 Å². The number of hydrogen-bond acceptors (Lipinski definition) is 5. The first kappa shape index (κ1) is 21.4. The summed E-state index contributed by atoms with van der Waals surface area (Å²) in [6, 6.07) is 6.75. The van der Waals surface area contributed by atoms with Gasteiger partial charge in [-0.2, -0.15) is 5.10 Å². The fraction of sp³-hybridized carbons (Fsp3) is 0.455. The van der Waals surface area contributed by atoms with E-state index in [-0.39, 0.29) is 29.9 Å². The lowest BCUT2D eigenvalue weighted by molar-refractivity contribution is -0.127. The number of amides is 2. The zero-order chi connectivity index (χ0) is 22.3. The zero-order valence-corrected chi connectivity index (χ0v) is 18.5. The molecule has 31 heavy (non-hydrogen) atoms. The Labute approximate surface area is 185 Å². The SMILES string of the molecule is COC(=O)c1cc2n(n1)C[C@](C)(C(=O)NC1CCCC1)N(c1cccc(Cl)c1C)C2=O. The van der Waals surface area contributed by atoms with E-state index in [0.717, 1.165) is 25.7 Å². The van der Waals surface area contributed by atoms with Gasteiger partial charge in [0.1, 0.15) is 11.2 Å². The maximum absolute atomic E-state index is 13.7. The summed E-state index contributed by atoms with van der Waals surface area (Å²) in [6.07, 6.45) is 3.99. The van der Waals surface area contributed by atoms with Crippen LogP contribution in [0.4, 0.5) is 5.69 Å². The summed E-state index contributed by atoms with van der Waals surface area (Å²) in [5, 5.41) is 7.85. The lowest BCUT2D eigenvalue weighted by atomic mass is 9.92. The fourth-order valence-corrected chi connectivity index (χ4v) is 4.58. The molecule has 0 bridgehead atoms. The van der Waals surface area contributed by atoms with E-state index in [2.05, 4.69) is 10.4 Å². The van der Waals surface area contributed by atoms with E-state index in [0.29, 0.717) is 16.3 Å². The lowest BCUT2D eigenvalue weighted by Crippen LogP contribution is -2.65. The second kappa shape index (κ2) is 8.00. The van der Waals surface area contributed by atoms with Crippen LogP contribution in [0.15, 0.2) is 24.3 Å². The third kappa shape index (κ3) is 3.59. The number of halogens is 1. The molecule has 2 heterocycles. The number of fused-ring (bicyclic) bond motifs is 1. The van der Waals surface area contributed by atoms with Crippen molar-refractivity contribution in [1.82, 2.24) is 15.1 Å². The van der Waals surface area contributed by atoms with Crippen LogP contribution >= 0.6 is 11.6 Å². The number of aromatic nitrogens is 2. The van der Waals surface area contributed by atoms with Gasteiger partial charge in [0.2, 0.25) is 5.91 Å². The summed E-state index contributed by atoms with van der Waals surface area (Å²) >= 11 is 6.34. The monoisotopic (exact) mass is 444 g/mol. The number of carbonyl (C=O) groups excluding carboxylic acids is 3. The average Bonchev–Trinajstić information content (AvgIpc) is 3.40. The molecule has 1 aliphatic carbocycles. The van der Waals surface area contributed by atoms with Crippen LogP contribution in [0.1, 0.15) is 59.1 Å². The number of methoxy groups -OCH3 is 1. The fourth-order valence-electron chi connectivity index (χ4n) is 4.41. The van der Waals surface area contributed by atoms with Crippen LogP contribution < -0.4 is 10.2 Å². The molecule has 9 heteroatoms. The van der Waals surface area contributed by atoms with Crippen LogP contribution in [0.25, 0.3) is 0 Å². The number of benzene rings is 1. The summed E-state index contributed by atoms with van der Waals surface area (Å²) in [6.45, 7) is 3.62. The van der Waals surface area contributed by atoms with Crippen LogP contribution in [-0.2, 0) is 16.1 Å². The summed E-state index contributed by atoms with van der Waals surface area (Å²) in [5.41, 5.74) is 0.217. The van der Waals surface area contributed by atoms with Gasteiger partial charge in [0.25, 0.3) is 5.91 Å². The predicted molar refractivity (Wildman–Crippen MR) is 115 cm³/mol. The second-order valence-corrected chi connectivity index (χ2v) is 8.72. The predicted octanol–water partition coefficient (Wildman–Crippen LogP) is 3.11. The maximum Gasteiger partial charge on any atom is 0.358 e. The lowest BCUT2D eigenvalue weighted by Gasteiger charge is -2.44. The number of esters is 1. The van der Waals surface area contributed by atoms with E-state index in [1.807, 2.05) is 6.92 Å². The number of rotatable bonds is 4. The molecule has 1 atom stereocenters. The van der Waals surface area contributed by atoms with Crippen molar-refractivity contribution in [2.45, 2.75) is 57.7 Å². The summed E-state index contributed by atoms with van der Waals surface area (Å²) < 4.78 is 6.16. The van der Waals surface area contributed by atoms with E-state index in [9.17, 15) is 14.4 Å². The molecule has 1 aliphatic heterocycles. The van der Waals surface area contributed by atoms with Gasteiger partial charge in [-0.15, -0.1) is 0 Å². The summed E-state index contributed by atoms with van der Waals surface area (Å²) in [5.74, 6) is -1.33. The molecule has 164 valence electrons. The Morgan fingerprint density at radius 1 is 1.29 bits per heavy atom. The highest BCUT2D eigenvalue weighted by Gasteiger charge is 2.50. The molecule has 2 aliphatic rings. The molecular formula is C22H25ClN4O4. The van der Waals surface area contributed by atoms with Crippen LogP contribution in [0, 0.1) is 6.92 Å². The Bertz CT molecular complexity index is 1060. The quantitative estimate of drug-likeness (QED) is 0.731. The van der Waals surface area contributed by atoms with Crippen LogP contribution in [0.3, 0.4) is 0 Å². The molecule has 1 aromatic carbocycles. The normalized spacial score (nSPS) is 21.2. The number of nitrogens with zero attached hydrogens (tertiary/aromatic N) is 3. The number of carbonyl (C=O) groups is 3. The van der Waals surface area contributed by atoms with Gasteiger partial charge in [-0.25, -0.2) is 4.79 Å². The van der Waals surface area contributed by atoms with Crippen molar-refractivity contribution in [2.24, 2.45) is 0 Å². The Morgan fingerprint density at radius 3 is 2.68 bits per heavy atom. The van der Waals surface area contributed by atoms with Crippen molar-refractivity contribution in [3.8, 4) is 0 Å². The van der Waals surface area contributed by atoms with Crippen molar-refractivity contribution in [1.29, 1.82) is 0 Å². The molecule has 1 N–H and O–H groups in total. The minimum Gasteiger partial charge on any atom is -0.464 e. The standard InChI is InChI=1S/C22H25ClN4O4/c1-13-15(23)9-6-10-17(13)27-19(28)18-11-16(20(29)31-3)25-26(18)12-22(27,2)21(30)24-14-7-4-5-8-14/h6,9-11,14H,4-5,7-8,12H2,1-3H3,(H,24,30)/t22-/m1/s1. The Hall–Kier alpha value is -2.87. The van der Waals surface area contributed by atoms with E-state index in [1.54, 1.807) is 25.1 Å². The first-order valence-electron chi connectivity index (χ1n) is 10.3. The topological polar surface area (TPSA) is 93.5 Å². The zero-order valence-electron chi connectivity index (χ0n) is 17.8.